The zero-order valence-corrected chi connectivity index (χ0v) is 54.1. The van der Waals surface area contributed by atoms with Gasteiger partial charge in [-0.3, -0.25) is 9.13 Å². The van der Waals surface area contributed by atoms with Crippen LogP contribution in [0.2, 0.25) is 0 Å². The van der Waals surface area contributed by atoms with Gasteiger partial charge < -0.3 is 9.80 Å². The van der Waals surface area contributed by atoms with E-state index in [2.05, 4.69) is 347 Å². The number of pyridine rings is 2. The quantitative estimate of drug-likeness (QED) is 0.121. The van der Waals surface area contributed by atoms with Crippen LogP contribution >= 0.6 is 0 Å². The third-order valence-electron chi connectivity index (χ3n) is 20.8. The van der Waals surface area contributed by atoms with Gasteiger partial charge in [-0.25, -0.2) is 9.97 Å². The van der Waals surface area contributed by atoms with Crippen LogP contribution in [0.25, 0.3) is 77.5 Å². The van der Waals surface area contributed by atoms with Gasteiger partial charge in [0.1, 0.15) is 23.4 Å². The molecule has 8 nitrogen and oxygen atoms in total. The van der Waals surface area contributed by atoms with Crippen molar-refractivity contribution in [2.75, 3.05) is 9.80 Å². The Labute approximate surface area is 578 Å². The van der Waals surface area contributed by atoms with Gasteiger partial charge in [0.05, 0.1) is 44.4 Å². The van der Waals surface area contributed by atoms with Crippen LogP contribution in [0, 0.1) is 22.7 Å². The Hall–Kier alpha value is -13.7. The molecule has 0 spiro atoms. The number of hydrogen-bond acceptors (Lipinski definition) is 6. The van der Waals surface area contributed by atoms with E-state index in [-0.39, 0.29) is 11.1 Å². The van der Waals surface area contributed by atoms with Crippen LogP contribution in [-0.4, -0.2) is 19.1 Å². The fourth-order valence-corrected chi connectivity index (χ4v) is 16.7. The van der Waals surface area contributed by atoms with Crippen LogP contribution < -0.4 is 9.80 Å². The van der Waals surface area contributed by atoms with E-state index in [1.165, 1.54) is 66.8 Å². The Bertz CT molecular complexity index is 5730. The van der Waals surface area contributed by atoms with Crippen molar-refractivity contribution in [2.45, 2.75) is 10.8 Å². The lowest BCUT2D eigenvalue weighted by molar-refractivity contribution is 0.768. The van der Waals surface area contributed by atoms with Gasteiger partial charge in [0.25, 0.3) is 0 Å². The maximum Gasteiger partial charge on any atom is 0.145 e. The number of hydrogen-bond donors (Lipinski definition) is 0. The summed E-state index contributed by atoms with van der Waals surface area (Å²) in [4.78, 5) is 15.1. The SMILES string of the molecule is N#Cc1cc(-n2c3ccc(N(c4ccccc4)c4ccc5c(c4)C(c4ccccc4)(c4ccccc4)c4ccccc4-5)cc3c3cccnc32)c(-n2c3ccc(N(c4ccccc4)c4ccc5c(c4)C(c4ccccc4)(c4ccccc4)c4ccccc4-5)cc3c3cccnc32)cc1C#N. The number of fused-ring (bicyclic) bond motifs is 12. The number of nitrogens with zero attached hydrogens (tertiary/aromatic N) is 8. The van der Waals surface area contributed by atoms with Crippen molar-refractivity contribution >= 4 is 78.0 Å². The first kappa shape index (κ1) is 57.8. The fraction of sp³-hybridized carbons (Fsp3) is 0.0217. The Morgan fingerprint density at radius 2 is 0.590 bits per heavy atom. The normalized spacial score (nSPS) is 12.9. The summed E-state index contributed by atoms with van der Waals surface area (Å²) in [7, 11) is 0. The Kier molecular flexibility index (Phi) is 13.3. The van der Waals surface area contributed by atoms with Gasteiger partial charge in [0.2, 0.25) is 0 Å². The molecule has 0 fully saturated rings. The topological polar surface area (TPSA) is 89.7 Å². The highest BCUT2D eigenvalue weighted by Crippen LogP contribution is 2.60. The second-order valence-electron chi connectivity index (χ2n) is 25.8. The average Bonchev–Trinajstić information content (AvgIpc) is 1.54. The van der Waals surface area contributed by atoms with E-state index in [1.807, 2.05) is 36.7 Å². The second-order valence-corrected chi connectivity index (χ2v) is 25.8. The van der Waals surface area contributed by atoms with Crippen molar-refractivity contribution in [3.63, 3.8) is 0 Å². The number of anilines is 6. The third kappa shape index (κ3) is 8.51. The molecule has 0 aliphatic heterocycles. The van der Waals surface area contributed by atoms with Gasteiger partial charge >= 0.3 is 0 Å². The molecule has 13 aromatic carbocycles. The van der Waals surface area contributed by atoms with Gasteiger partial charge in [-0.2, -0.15) is 10.5 Å². The second kappa shape index (κ2) is 23.0. The van der Waals surface area contributed by atoms with Crippen LogP contribution in [0.4, 0.5) is 34.1 Å². The van der Waals surface area contributed by atoms with Crippen LogP contribution in [0.3, 0.4) is 0 Å². The maximum absolute atomic E-state index is 11.0. The third-order valence-corrected chi connectivity index (χ3v) is 20.8. The predicted octanol–water partition coefficient (Wildman–Crippen LogP) is 22.1. The molecule has 0 atom stereocenters. The predicted molar refractivity (Wildman–Crippen MR) is 404 cm³/mol. The van der Waals surface area contributed by atoms with Crippen LogP contribution in [-0.2, 0) is 10.8 Å². The number of rotatable bonds is 12. The molecule has 466 valence electrons. The van der Waals surface area contributed by atoms with Crippen molar-refractivity contribution < 1.29 is 0 Å². The molecular weight excluding hydrogens is 1220 g/mol. The molecule has 4 heterocycles. The summed E-state index contributed by atoms with van der Waals surface area (Å²) in [6.07, 6.45) is 3.64. The molecule has 100 heavy (non-hydrogen) atoms. The minimum atomic E-state index is -0.606. The van der Waals surface area contributed by atoms with Crippen LogP contribution in [0.1, 0.15) is 55.6 Å². The highest BCUT2D eigenvalue weighted by Gasteiger charge is 2.48. The van der Waals surface area contributed by atoms with Crippen molar-refractivity contribution in [3.8, 4) is 45.8 Å². The maximum atomic E-state index is 11.0. The Balaban J connectivity index is 0.791. The molecule has 0 N–H and O–H groups in total. The van der Waals surface area contributed by atoms with Gasteiger partial charge in [-0.05, 0) is 188 Å². The molecule has 0 unspecified atom stereocenters. The average molecular weight is 1280 g/mol. The van der Waals surface area contributed by atoms with Crippen LogP contribution in [0.5, 0.6) is 0 Å². The summed E-state index contributed by atoms with van der Waals surface area (Å²) in [5, 5.41) is 25.8. The fourth-order valence-electron chi connectivity index (χ4n) is 16.7. The molecule has 0 saturated heterocycles. The minimum absolute atomic E-state index is 0.246. The smallest absolute Gasteiger partial charge is 0.145 e. The summed E-state index contributed by atoms with van der Waals surface area (Å²) in [5.41, 5.74) is 24.2. The number of aromatic nitrogens is 4. The summed E-state index contributed by atoms with van der Waals surface area (Å²) in [6.45, 7) is 0. The van der Waals surface area contributed by atoms with Gasteiger partial charge in [-0.15, -0.1) is 0 Å². The van der Waals surface area contributed by atoms with E-state index in [0.29, 0.717) is 22.7 Å². The monoisotopic (exact) mass is 1270 g/mol. The molecule has 8 heteroatoms. The Morgan fingerprint density at radius 3 is 0.960 bits per heavy atom. The minimum Gasteiger partial charge on any atom is -0.310 e. The standard InChI is InChI=1S/C92H58N8/c93-59-61-53-87(99-85-49-45-69(55-79(85)77-39-23-51-95-89(77)99)97(67-33-15-5-16-34-67)71-43-47-75-73-37-19-21-41-81(73)91(83(75)57-71,63-25-7-1-8-26-63)64-27-9-2-10-28-64)88(54-62(61)60-94)100-86-50-46-70(56-80(86)78-40-24-52-96-90(78)100)98(68-35-17-6-18-36-68)72-44-48-76-74-38-20-22-42-82(74)92(84(76)58-72,65-29-11-3-12-30-65)66-31-13-4-14-32-66/h1-58H. The molecular formula is C92H58N8. The van der Waals surface area contributed by atoms with E-state index >= 15 is 0 Å². The van der Waals surface area contributed by atoms with E-state index in [9.17, 15) is 10.5 Å². The van der Waals surface area contributed by atoms with Crippen molar-refractivity contribution in [2.24, 2.45) is 0 Å². The largest absolute Gasteiger partial charge is 0.310 e. The van der Waals surface area contributed by atoms with E-state index in [0.717, 1.165) is 66.7 Å². The zero-order valence-electron chi connectivity index (χ0n) is 54.1. The zero-order chi connectivity index (χ0) is 66.5. The molecule has 19 rings (SSSR count). The summed E-state index contributed by atoms with van der Waals surface area (Å²) < 4.78 is 4.31. The molecule has 0 saturated carbocycles. The van der Waals surface area contributed by atoms with Crippen molar-refractivity contribution in [3.05, 3.63) is 408 Å². The molecule has 2 aliphatic rings. The summed E-state index contributed by atoms with van der Waals surface area (Å²) >= 11 is 0. The van der Waals surface area contributed by atoms with E-state index in [1.54, 1.807) is 0 Å². The first-order valence-electron chi connectivity index (χ1n) is 33.7. The van der Waals surface area contributed by atoms with Gasteiger partial charge in [0.15, 0.2) is 0 Å². The van der Waals surface area contributed by atoms with Crippen LogP contribution in [0.15, 0.2) is 352 Å². The molecule has 4 aromatic heterocycles. The first-order chi connectivity index (χ1) is 49.5. The lowest BCUT2D eigenvalue weighted by Gasteiger charge is -2.35. The summed E-state index contributed by atoms with van der Waals surface area (Å²) in [5.74, 6) is 0. The molecule has 0 bridgehead atoms. The lowest BCUT2D eigenvalue weighted by Crippen LogP contribution is -2.28. The first-order valence-corrected chi connectivity index (χ1v) is 33.7. The van der Waals surface area contributed by atoms with Crippen molar-refractivity contribution in [1.29, 1.82) is 10.5 Å². The summed E-state index contributed by atoms with van der Waals surface area (Å²) in [6, 6.07) is 127. The van der Waals surface area contributed by atoms with E-state index < -0.39 is 10.8 Å². The Morgan fingerprint density at radius 1 is 0.270 bits per heavy atom. The molecule has 17 aromatic rings. The highest BCUT2D eigenvalue weighted by atomic mass is 15.2. The van der Waals surface area contributed by atoms with E-state index in [4.69, 9.17) is 9.97 Å². The molecule has 0 amide bonds. The highest BCUT2D eigenvalue weighted by molar-refractivity contribution is 6.12. The molecule has 0 radical (unpaired) electrons. The number of para-hydroxylation sites is 2. The lowest BCUT2D eigenvalue weighted by atomic mass is 9.67. The number of nitriles is 2. The number of benzene rings is 13. The van der Waals surface area contributed by atoms with Gasteiger partial charge in [-0.1, -0.05) is 218 Å². The van der Waals surface area contributed by atoms with Crippen molar-refractivity contribution in [1.82, 2.24) is 19.1 Å². The molecule has 2 aliphatic carbocycles. The van der Waals surface area contributed by atoms with Gasteiger partial charge in [0, 0.05) is 68.1 Å².